The first-order valence-electron chi connectivity index (χ1n) is 10.3. The molecule has 3 heterocycles. The van der Waals surface area contributed by atoms with Crippen LogP contribution in [0.2, 0.25) is 0 Å². The minimum Gasteiger partial charge on any atom is -0.495 e. The van der Waals surface area contributed by atoms with Crippen LogP contribution in [-0.2, 0) is 16.1 Å². The van der Waals surface area contributed by atoms with Crippen molar-refractivity contribution in [2.24, 2.45) is 0 Å². The van der Waals surface area contributed by atoms with Gasteiger partial charge in [0.1, 0.15) is 18.3 Å². The van der Waals surface area contributed by atoms with Crippen LogP contribution in [0.25, 0.3) is 0 Å². The summed E-state index contributed by atoms with van der Waals surface area (Å²) in [7, 11) is 1.53. The highest BCUT2D eigenvalue weighted by Crippen LogP contribution is 2.27. The number of urea groups is 1. The molecule has 162 valence electrons. The average molecular weight is 423 g/mol. The van der Waals surface area contributed by atoms with Crippen molar-refractivity contribution in [2.75, 3.05) is 25.5 Å². The summed E-state index contributed by atoms with van der Waals surface area (Å²) in [5.74, 6) is -0.0794. The van der Waals surface area contributed by atoms with Gasteiger partial charge in [0.25, 0.3) is 0 Å². The van der Waals surface area contributed by atoms with Crippen LogP contribution in [0.3, 0.4) is 0 Å². The number of rotatable bonds is 6. The van der Waals surface area contributed by atoms with Crippen molar-refractivity contribution in [3.63, 3.8) is 0 Å². The number of nitrogens with zero attached hydrogens (tertiary/aromatic N) is 3. The molecule has 0 spiro atoms. The Bertz CT molecular complexity index is 967. The summed E-state index contributed by atoms with van der Waals surface area (Å²) >= 11 is 0. The van der Waals surface area contributed by atoms with Gasteiger partial charge < -0.3 is 20.3 Å². The van der Waals surface area contributed by atoms with Crippen LogP contribution < -0.4 is 15.4 Å². The second-order valence-corrected chi connectivity index (χ2v) is 7.59. The Morgan fingerprint density at radius 3 is 2.87 bits per heavy atom. The van der Waals surface area contributed by atoms with Crippen LogP contribution in [0.15, 0.2) is 48.8 Å². The Hall–Kier alpha value is -3.46. The number of piperidine rings is 1. The molecule has 31 heavy (non-hydrogen) atoms. The molecule has 0 aliphatic carbocycles. The molecule has 2 unspecified atom stereocenters. The molecule has 4 amide bonds. The van der Waals surface area contributed by atoms with Gasteiger partial charge in [0.15, 0.2) is 0 Å². The number of hydrogen-bond acceptors (Lipinski definition) is 6. The first kappa shape index (κ1) is 20.8. The van der Waals surface area contributed by atoms with E-state index in [0.717, 1.165) is 12.0 Å². The van der Waals surface area contributed by atoms with E-state index in [2.05, 4.69) is 15.6 Å². The van der Waals surface area contributed by atoms with Gasteiger partial charge in [0, 0.05) is 12.4 Å². The third-order valence-corrected chi connectivity index (χ3v) is 5.59. The third-order valence-electron chi connectivity index (χ3n) is 5.59. The van der Waals surface area contributed by atoms with Crippen LogP contribution in [0.5, 0.6) is 5.75 Å². The molecule has 2 atom stereocenters. The summed E-state index contributed by atoms with van der Waals surface area (Å²) in [5, 5.41) is 6.03. The van der Waals surface area contributed by atoms with Crippen molar-refractivity contribution < 1.29 is 19.1 Å². The van der Waals surface area contributed by atoms with Crippen molar-refractivity contribution in [1.29, 1.82) is 0 Å². The SMILES string of the molecule is COc1ccccc1NC(=O)CN1C(=O)N(Cc2cccnc2)C(=O)C2NCCCC21. The van der Waals surface area contributed by atoms with Crippen LogP contribution in [-0.4, -0.2) is 64.9 Å². The number of nitrogens with one attached hydrogen (secondary N) is 2. The predicted octanol–water partition coefficient (Wildman–Crippen LogP) is 1.61. The molecule has 2 aromatic rings. The first-order valence-corrected chi connectivity index (χ1v) is 10.3. The summed E-state index contributed by atoms with van der Waals surface area (Å²) in [4.78, 5) is 45.9. The maximum absolute atomic E-state index is 13.3. The summed E-state index contributed by atoms with van der Waals surface area (Å²) < 4.78 is 5.28. The van der Waals surface area contributed by atoms with Gasteiger partial charge in [-0.1, -0.05) is 18.2 Å². The highest BCUT2D eigenvalue weighted by molar-refractivity contribution is 6.03. The number of para-hydroxylation sites is 2. The Kier molecular flexibility index (Phi) is 6.13. The summed E-state index contributed by atoms with van der Waals surface area (Å²) in [6.07, 6.45) is 4.75. The maximum Gasteiger partial charge on any atom is 0.327 e. The number of carbonyl (C=O) groups excluding carboxylic acids is 3. The molecule has 0 radical (unpaired) electrons. The van der Waals surface area contributed by atoms with Gasteiger partial charge in [-0.2, -0.15) is 0 Å². The fourth-order valence-electron chi connectivity index (χ4n) is 4.12. The van der Waals surface area contributed by atoms with Crippen molar-refractivity contribution >= 4 is 23.5 Å². The largest absolute Gasteiger partial charge is 0.495 e. The zero-order chi connectivity index (χ0) is 21.8. The van der Waals surface area contributed by atoms with Gasteiger partial charge in [-0.15, -0.1) is 0 Å². The molecule has 4 rings (SSSR count). The van der Waals surface area contributed by atoms with Gasteiger partial charge in [-0.3, -0.25) is 19.5 Å². The van der Waals surface area contributed by atoms with Crippen molar-refractivity contribution in [1.82, 2.24) is 20.1 Å². The number of pyridine rings is 1. The number of anilines is 1. The summed E-state index contributed by atoms with van der Waals surface area (Å²) in [6.45, 7) is 0.653. The lowest BCUT2D eigenvalue weighted by molar-refractivity contribution is -0.138. The molecule has 0 bridgehead atoms. The number of ether oxygens (including phenoxy) is 1. The molecular weight excluding hydrogens is 398 g/mol. The van der Waals surface area contributed by atoms with Gasteiger partial charge in [-0.05, 0) is 43.1 Å². The molecule has 9 nitrogen and oxygen atoms in total. The lowest BCUT2D eigenvalue weighted by atomic mass is 9.93. The Morgan fingerprint density at radius 2 is 2.10 bits per heavy atom. The van der Waals surface area contributed by atoms with E-state index >= 15 is 0 Å². The van der Waals surface area contributed by atoms with Crippen molar-refractivity contribution in [2.45, 2.75) is 31.5 Å². The molecule has 9 heteroatoms. The standard InChI is InChI=1S/C22H25N5O4/c1-31-18-9-3-2-7-16(18)25-19(28)14-26-17-8-5-11-24-20(17)21(29)27(22(26)30)13-15-6-4-10-23-12-15/h2-4,6-7,9-10,12,17,20,24H,5,8,11,13-14H2,1H3,(H,25,28). The van der Waals surface area contributed by atoms with Crippen LogP contribution in [0.1, 0.15) is 18.4 Å². The van der Waals surface area contributed by atoms with Gasteiger partial charge in [0.05, 0.1) is 25.4 Å². The number of benzene rings is 1. The Balaban J connectivity index is 1.54. The quantitative estimate of drug-likeness (QED) is 0.732. The predicted molar refractivity (Wildman–Crippen MR) is 113 cm³/mol. The maximum atomic E-state index is 13.3. The van der Waals surface area contributed by atoms with E-state index in [9.17, 15) is 14.4 Å². The number of carbonyl (C=O) groups is 3. The summed E-state index contributed by atoms with van der Waals surface area (Å²) in [6, 6.07) is 9.30. The number of hydrogen-bond donors (Lipinski definition) is 2. The molecular formula is C22H25N5O4. The van der Waals surface area contributed by atoms with E-state index < -0.39 is 12.1 Å². The molecule has 2 fully saturated rings. The molecule has 2 aliphatic rings. The lowest BCUT2D eigenvalue weighted by Crippen LogP contribution is -2.70. The summed E-state index contributed by atoms with van der Waals surface area (Å²) in [5.41, 5.74) is 1.28. The molecule has 1 aromatic carbocycles. The number of methoxy groups -OCH3 is 1. The van der Waals surface area contributed by atoms with E-state index in [0.29, 0.717) is 24.4 Å². The van der Waals surface area contributed by atoms with Gasteiger partial charge in [-0.25, -0.2) is 4.79 Å². The monoisotopic (exact) mass is 423 g/mol. The number of aromatic nitrogens is 1. The highest BCUT2D eigenvalue weighted by Gasteiger charge is 2.47. The minimum atomic E-state index is -0.526. The van der Waals surface area contributed by atoms with Crippen LogP contribution in [0.4, 0.5) is 10.5 Å². The molecule has 2 aliphatic heterocycles. The highest BCUT2D eigenvalue weighted by atomic mass is 16.5. The lowest BCUT2D eigenvalue weighted by Gasteiger charge is -2.46. The van der Waals surface area contributed by atoms with Crippen molar-refractivity contribution in [3.8, 4) is 5.75 Å². The van der Waals surface area contributed by atoms with Crippen LogP contribution >= 0.6 is 0 Å². The van der Waals surface area contributed by atoms with Gasteiger partial charge >= 0.3 is 6.03 Å². The normalized spacial score (nSPS) is 20.9. The smallest absolute Gasteiger partial charge is 0.327 e. The van der Waals surface area contributed by atoms with E-state index in [1.54, 1.807) is 36.7 Å². The second-order valence-electron chi connectivity index (χ2n) is 7.59. The average Bonchev–Trinajstić information content (AvgIpc) is 2.80. The fraction of sp³-hybridized carbons (Fsp3) is 0.364. The third kappa shape index (κ3) is 4.36. The van der Waals surface area contributed by atoms with E-state index in [1.807, 2.05) is 12.1 Å². The zero-order valence-electron chi connectivity index (χ0n) is 17.3. The minimum absolute atomic E-state index is 0.112. The van der Waals surface area contributed by atoms with Crippen molar-refractivity contribution in [3.05, 3.63) is 54.4 Å². The number of amides is 4. The number of fused-ring (bicyclic) bond motifs is 1. The van der Waals surface area contributed by atoms with E-state index in [1.165, 1.54) is 16.9 Å². The fourth-order valence-corrected chi connectivity index (χ4v) is 4.12. The molecule has 0 saturated carbocycles. The van der Waals surface area contributed by atoms with E-state index in [4.69, 9.17) is 4.74 Å². The molecule has 1 aromatic heterocycles. The molecule has 2 saturated heterocycles. The Morgan fingerprint density at radius 1 is 1.26 bits per heavy atom. The topological polar surface area (TPSA) is 104 Å². The first-order chi connectivity index (χ1) is 15.1. The molecule has 2 N–H and O–H groups in total. The van der Waals surface area contributed by atoms with Crippen LogP contribution in [0, 0.1) is 0 Å². The van der Waals surface area contributed by atoms with Gasteiger partial charge in [0.2, 0.25) is 11.8 Å². The Labute approximate surface area is 180 Å². The number of imide groups is 1. The zero-order valence-corrected chi connectivity index (χ0v) is 17.3. The van der Waals surface area contributed by atoms with E-state index in [-0.39, 0.29) is 30.9 Å². The second kappa shape index (κ2) is 9.13.